The van der Waals surface area contributed by atoms with E-state index >= 15 is 0 Å². The molecule has 0 bridgehead atoms. The number of anilines is 1. The molecule has 0 aliphatic carbocycles. The Morgan fingerprint density at radius 2 is 1.78 bits per heavy atom. The first-order valence-corrected chi connectivity index (χ1v) is 12.9. The van der Waals surface area contributed by atoms with E-state index in [1.165, 1.54) is 13.8 Å². The molecule has 4 rings (SSSR count). The number of carbonyl (C=O) groups excluding carboxylic acids is 1. The van der Waals surface area contributed by atoms with E-state index in [2.05, 4.69) is 52.2 Å². The van der Waals surface area contributed by atoms with Crippen molar-refractivity contribution >= 4 is 29.8 Å². The van der Waals surface area contributed by atoms with Crippen molar-refractivity contribution in [1.29, 1.82) is 0 Å². The molecule has 2 aromatic heterocycles. The molecule has 37 heavy (non-hydrogen) atoms. The van der Waals surface area contributed by atoms with Crippen LogP contribution in [-0.4, -0.2) is 107 Å². The fourth-order valence-electron chi connectivity index (χ4n) is 4.94. The molecular formula is C28H39N7O2. The van der Waals surface area contributed by atoms with E-state index in [0.717, 1.165) is 61.8 Å². The Hall–Kier alpha value is -3.30. The lowest BCUT2D eigenvalue weighted by Gasteiger charge is -2.40. The Bertz CT molecular complexity index is 1130. The molecule has 0 radical (unpaired) electrons. The number of likely N-dealkylation sites (N-methyl/N-ethyl adjacent to an activating group) is 1. The van der Waals surface area contributed by atoms with Crippen molar-refractivity contribution in [2.24, 2.45) is 4.99 Å². The van der Waals surface area contributed by atoms with E-state index in [9.17, 15) is 9.90 Å². The summed E-state index contributed by atoms with van der Waals surface area (Å²) in [5, 5.41) is 10.1. The molecule has 2 aliphatic heterocycles. The van der Waals surface area contributed by atoms with Gasteiger partial charge in [0.05, 0.1) is 17.1 Å². The number of aromatic nitrogens is 2. The first kappa shape index (κ1) is 26.8. The highest BCUT2D eigenvalue weighted by Crippen LogP contribution is 2.32. The number of likely N-dealkylation sites (tertiary alicyclic amines) is 1. The van der Waals surface area contributed by atoms with Crippen LogP contribution >= 0.6 is 0 Å². The van der Waals surface area contributed by atoms with E-state index in [-0.39, 0.29) is 11.9 Å². The molecule has 4 heterocycles. The van der Waals surface area contributed by atoms with Crippen LogP contribution in [0, 0.1) is 0 Å². The predicted octanol–water partition coefficient (Wildman–Crippen LogP) is 2.89. The van der Waals surface area contributed by atoms with Crippen LogP contribution in [0.1, 0.15) is 32.4 Å². The van der Waals surface area contributed by atoms with Gasteiger partial charge in [0.2, 0.25) is 0 Å². The summed E-state index contributed by atoms with van der Waals surface area (Å²) in [4.78, 5) is 34.8. The fraction of sp³-hybridized carbons (Fsp3) is 0.500. The van der Waals surface area contributed by atoms with Crippen LogP contribution in [0.5, 0.6) is 0 Å². The average Bonchev–Trinajstić information content (AvgIpc) is 2.91. The second-order valence-electron chi connectivity index (χ2n) is 10.6. The zero-order valence-electron chi connectivity index (χ0n) is 22.5. The molecule has 1 N–H and O–H groups in total. The summed E-state index contributed by atoms with van der Waals surface area (Å²) in [6.07, 6.45) is 3.44. The highest BCUT2D eigenvalue weighted by Gasteiger charge is 2.33. The largest absolute Gasteiger partial charge is 0.381 e. The standard InChI is InChI=1S/C28H39N7O2/c1-20(33(6)22-11-13-35(14-12-22)27(36)28(2,3)37)26-24(29-4)9-8-23(31-26)21-7-10-25(30-19-21)34-17-15-32(5)16-18-34/h7-10,19,22,37H,1,4,11-18H2,2-3,5-6H3. The van der Waals surface area contributed by atoms with Crippen molar-refractivity contribution in [3.63, 3.8) is 0 Å². The highest BCUT2D eigenvalue weighted by molar-refractivity contribution is 5.84. The van der Waals surface area contributed by atoms with Crippen molar-refractivity contribution in [2.75, 3.05) is 58.3 Å². The number of amides is 1. The smallest absolute Gasteiger partial charge is 0.253 e. The number of carbonyl (C=O) groups is 1. The second-order valence-corrected chi connectivity index (χ2v) is 10.6. The molecular weight excluding hydrogens is 466 g/mol. The van der Waals surface area contributed by atoms with E-state index in [1.807, 2.05) is 25.4 Å². The van der Waals surface area contributed by atoms with Crippen molar-refractivity contribution < 1.29 is 9.90 Å². The van der Waals surface area contributed by atoms with Crippen molar-refractivity contribution in [3.05, 3.63) is 42.7 Å². The Balaban J connectivity index is 1.47. The molecule has 0 saturated carbocycles. The second kappa shape index (κ2) is 11.0. The molecule has 0 unspecified atom stereocenters. The number of piperidine rings is 1. The first-order chi connectivity index (χ1) is 17.6. The Morgan fingerprint density at radius 1 is 1.11 bits per heavy atom. The van der Waals surface area contributed by atoms with Crippen LogP contribution in [0.15, 0.2) is 42.0 Å². The van der Waals surface area contributed by atoms with Crippen molar-refractivity contribution in [3.8, 4) is 11.3 Å². The normalized spacial score (nSPS) is 17.5. The molecule has 2 fully saturated rings. The molecule has 0 aromatic carbocycles. The van der Waals surface area contributed by atoms with Gasteiger partial charge in [-0.2, -0.15) is 0 Å². The van der Waals surface area contributed by atoms with Gasteiger partial charge in [0.1, 0.15) is 17.1 Å². The lowest BCUT2D eigenvalue weighted by Crippen LogP contribution is -2.51. The van der Waals surface area contributed by atoms with Crippen LogP contribution in [0.3, 0.4) is 0 Å². The number of pyridine rings is 2. The third-order valence-electron chi connectivity index (χ3n) is 7.44. The molecule has 2 saturated heterocycles. The molecule has 0 spiro atoms. The van der Waals surface area contributed by atoms with Crippen LogP contribution in [0.4, 0.5) is 11.5 Å². The summed E-state index contributed by atoms with van der Waals surface area (Å²) in [6.45, 7) is 16.4. The SMILES string of the molecule is C=Nc1ccc(-c2ccc(N3CCN(C)CC3)nc2)nc1C(=C)N(C)C1CCN(C(=O)C(C)(C)O)CC1. The maximum absolute atomic E-state index is 12.4. The Morgan fingerprint density at radius 3 is 2.35 bits per heavy atom. The lowest BCUT2D eigenvalue weighted by molar-refractivity contribution is -0.149. The quantitative estimate of drug-likeness (QED) is 0.579. The summed E-state index contributed by atoms with van der Waals surface area (Å²) >= 11 is 0. The van der Waals surface area contributed by atoms with Gasteiger partial charge in [-0.15, -0.1) is 0 Å². The molecule has 9 heteroatoms. The topological polar surface area (TPSA) is 88.4 Å². The van der Waals surface area contributed by atoms with E-state index in [4.69, 9.17) is 9.97 Å². The van der Waals surface area contributed by atoms with Crippen LogP contribution in [0.25, 0.3) is 17.0 Å². The number of piperazine rings is 1. The third-order valence-corrected chi connectivity index (χ3v) is 7.44. The van der Waals surface area contributed by atoms with Gasteiger partial charge in [-0.3, -0.25) is 9.79 Å². The zero-order chi connectivity index (χ0) is 26.7. The summed E-state index contributed by atoms with van der Waals surface area (Å²) in [7, 11) is 4.15. The molecule has 9 nitrogen and oxygen atoms in total. The number of aliphatic imine (C=N–C) groups is 1. The number of nitrogens with zero attached hydrogens (tertiary/aromatic N) is 7. The van der Waals surface area contributed by atoms with E-state index in [1.54, 1.807) is 4.90 Å². The molecule has 0 atom stereocenters. The minimum absolute atomic E-state index is 0.200. The van der Waals surface area contributed by atoms with Gasteiger partial charge in [-0.05, 0) is 64.7 Å². The molecule has 2 aromatic rings. The lowest BCUT2D eigenvalue weighted by atomic mass is 9.99. The van der Waals surface area contributed by atoms with Gasteiger partial charge >= 0.3 is 0 Å². The number of rotatable bonds is 7. The minimum Gasteiger partial charge on any atom is -0.381 e. The highest BCUT2D eigenvalue weighted by atomic mass is 16.3. The summed E-state index contributed by atoms with van der Waals surface area (Å²) in [6, 6.07) is 8.18. The van der Waals surface area contributed by atoms with E-state index < -0.39 is 5.60 Å². The van der Waals surface area contributed by atoms with Crippen LogP contribution in [-0.2, 0) is 4.79 Å². The Kier molecular flexibility index (Phi) is 7.94. The van der Waals surface area contributed by atoms with Gasteiger partial charge in [0.25, 0.3) is 5.91 Å². The van der Waals surface area contributed by atoms with E-state index in [0.29, 0.717) is 24.5 Å². The molecule has 2 aliphatic rings. The maximum atomic E-state index is 12.4. The Labute approximate surface area is 220 Å². The first-order valence-electron chi connectivity index (χ1n) is 12.9. The average molecular weight is 506 g/mol. The monoisotopic (exact) mass is 505 g/mol. The van der Waals surface area contributed by atoms with Gasteiger partial charge in [-0.1, -0.05) is 6.58 Å². The fourth-order valence-corrected chi connectivity index (χ4v) is 4.94. The van der Waals surface area contributed by atoms with Gasteiger partial charge in [0.15, 0.2) is 0 Å². The predicted molar refractivity (Wildman–Crippen MR) is 149 cm³/mol. The summed E-state index contributed by atoms with van der Waals surface area (Å²) < 4.78 is 0. The zero-order valence-corrected chi connectivity index (χ0v) is 22.5. The third kappa shape index (κ3) is 5.99. The van der Waals surface area contributed by atoms with Crippen molar-refractivity contribution in [1.82, 2.24) is 24.7 Å². The minimum atomic E-state index is -1.35. The van der Waals surface area contributed by atoms with Crippen LogP contribution in [0.2, 0.25) is 0 Å². The molecule has 1 amide bonds. The van der Waals surface area contributed by atoms with Gasteiger partial charge in [-0.25, -0.2) is 9.97 Å². The van der Waals surface area contributed by atoms with Crippen LogP contribution < -0.4 is 4.90 Å². The van der Waals surface area contributed by atoms with Crippen molar-refractivity contribution in [2.45, 2.75) is 38.3 Å². The molecule has 198 valence electrons. The number of hydrogen-bond donors (Lipinski definition) is 1. The van der Waals surface area contributed by atoms with Gasteiger partial charge < -0.3 is 24.7 Å². The number of hydrogen-bond acceptors (Lipinski definition) is 8. The summed E-state index contributed by atoms with van der Waals surface area (Å²) in [5.74, 6) is 0.757. The van der Waals surface area contributed by atoms with Gasteiger partial charge in [0, 0.05) is 64.1 Å². The number of aliphatic hydroxyl groups is 1. The maximum Gasteiger partial charge on any atom is 0.253 e. The summed E-state index contributed by atoms with van der Waals surface area (Å²) in [5.41, 5.74) is 2.52.